The van der Waals surface area contributed by atoms with Gasteiger partial charge >= 0.3 is 0 Å². The number of nitrogens with one attached hydrogen (secondary N) is 1. The lowest BCUT2D eigenvalue weighted by molar-refractivity contribution is 0.292. The van der Waals surface area contributed by atoms with Gasteiger partial charge in [0.05, 0.1) is 33.9 Å². The highest BCUT2D eigenvalue weighted by Gasteiger charge is 2.27. The van der Waals surface area contributed by atoms with Crippen LogP contribution >= 0.6 is 0 Å². The summed E-state index contributed by atoms with van der Waals surface area (Å²) in [5.74, 6) is 0.429. The van der Waals surface area contributed by atoms with Gasteiger partial charge in [-0.1, -0.05) is 6.07 Å². The number of aliphatic hydroxyl groups excluding tert-OH is 1. The predicted molar refractivity (Wildman–Crippen MR) is 116 cm³/mol. The van der Waals surface area contributed by atoms with Gasteiger partial charge in [0.2, 0.25) is 0 Å². The normalized spacial score (nSPS) is 15.2. The zero-order chi connectivity index (χ0) is 21.5. The van der Waals surface area contributed by atoms with E-state index < -0.39 is 9.84 Å². The van der Waals surface area contributed by atoms with E-state index in [4.69, 9.17) is 5.11 Å². The third-order valence-corrected chi connectivity index (χ3v) is 6.94. The average molecular weight is 430 g/mol. The second kappa shape index (κ2) is 7.69. The standard InChI is InChI=1S/C20H23N5O4S/c1-24-7-9-30(28,29)17-10-13(4-5-16(17)24)14-11-15-18(20(27)25(2)12-22-15)19(23-14)21-6-3-8-26/h4-5,10-12,26H,3,6-9H2,1-2H3,(H,21,23). The summed E-state index contributed by atoms with van der Waals surface area (Å²) in [6, 6.07) is 6.92. The Morgan fingerprint density at radius 3 is 2.80 bits per heavy atom. The lowest BCUT2D eigenvalue weighted by Gasteiger charge is -2.27. The van der Waals surface area contributed by atoms with Crippen LogP contribution in [0.1, 0.15) is 6.42 Å². The van der Waals surface area contributed by atoms with Crippen LogP contribution in [-0.2, 0) is 16.9 Å². The van der Waals surface area contributed by atoms with Crippen molar-refractivity contribution in [3.8, 4) is 11.3 Å². The van der Waals surface area contributed by atoms with Gasteiger partial charge in [0.15, 0.2) is 9.84 Å². The first-order valence-electron chi connectivity index (χ1n) is 9.61. The number of hydrogen-bond donors (Lipinski definition) is 2. The topological polar surface area (TPSA) is 117 Å². The number of aliphatic hydroxyl groups is 1. The molecule has 0 fully saturated rings. The van der Waals surface area contributed by atoms with Crippen LogP contribution in [0.5, 0.6) is 0 Å². The maximum Gasteiger partial charge on any atom is 0.264 e. The quantitative estimate of drug-likeness (QED) is 0.577. The van der Waals surface area contributed by atoms with Crippen LogP contribution in [0.25, 0.3) is 22.2 Å². The van der Waals surface area contributed by atoms with Gasteiger partial charge in [0.1, 0.15) is 11.2 Å². The minimum Gasteiger partial charge on any atom is -0.396 e. The van der Waals surface area contributed by atoms with Gasteiger partial charge in [0, 0.05) is 39.4 Å². The highest BCUT2D eigenvalue weighted by Crippen LogP contribution is 2.34. The van der Waals surface area contributed by atoms with Crippen LogP contribution in [0.3, 0.4) is 0 Å². The molecule has 0 radical (unpaired) electrons. The van der Waals surface area contributed by atoms with Gasteiger partial charge < -0.3 is 19.9 Å². The Morgan fingerprint density at radius 2 is 2.03 bits per heavy atom. The Morgan fingerprint density at radius 1 is 1.23 bits per heavy atom. The van der Waals surface area contributed by atoms with E-state index >= 15 is 0 Å². The molecule has 30 heavy (non-hydrogen) atoms. The van der Waals surface area contributed by atoms with Gasteiger partial charge in [-0.25, -0.2) is 18.4 Å². The zero-order valence-corrected chi connectivity index (χ0v) is 17.6. The summed E-state index contributed by atoms with van der Waals surface area (Å²) >= 11 is 0. The van der Waals surface area contributed by atoms with Crippen LogP contribution < -0.4 is 15.8 Å². The Balaban J connectivity index is 1.89. The van der Waals surface area contributed by atoms with E-state index in [1.165, 1.54) is 10.9 Å². The third-order valence-electron chi connectivity index (χ3n) is 5.23. The third kappa shape index (κ3) is 3.52. The Hall–Kier alpha value is -2.98. The first-order chi connectivity index (χ1) is 14.3. The van der Waals surface area contributed by atoms with Crippen LogP contribution in [-0.4, -0.2) is 60.6 Å². The van der Waals surface area contributed by atoms with Crippen molar-refractivity contribution in [3.05, 3.63) is 40.9 Å². The maximum absolute atomic E-state index is 12.7. The van der Waals surface area contributed by atoms with E-state index in [1.807, 2.05) is 18.0 Å². The largest absolute Gasteiger partial charge is 0.396 e. The van der Waals surface area contributed by atoms with Crippen molar-refractivity contribution >= 4 is 32.2 Å². The summed E-state index contributed by atoms with van der Waals surface area (Å²) < 4.78 is 26.6. The fourth-order valence-corrected chi connectivity index (χ4v) is 5.09. The molecule has 2 N–H and O–H groups in total. The molecule has 158 valence electrons. The molecule has 0 unspecified atom stereocenters. The molecule has 0 saturated carbocycles. The molecule has 1 aliphatic heterocycles. The Bertz CT molecular complexity index is 1290. The Labute approximate surface area is 173 Å². The van der Waals surface area contributed by atoms with Gasteiger partial charge in [-0.05, 0) is 24.6 Å². The maximum atomic E-state index is 12.7. The molecule has 2 aromatic heterocycles. The van der Waals surface area contributed by atoms with Crippen LogP contribution in [0.15, 0.2) is 40.3 Å². The van der Waals surface area contributed by atoms with Crippen LogP contribution in [0.2, 0.25) is 0 Å². The van der Waals surface area contributed by atoms with Gasteiger partial charge in [-0.3, -0.25) is 4.79 Å². The summed E-state index contributed by atoms with van der Waals surface area (Å²) in [4.78, 5) is 23.8. The van der Waals surface area contributed by atoms with Crippen molar-refractivity contribution in [2.24, 2.45) is 7.05 Å². The number of hydrogen-bond acceptors (Lipinski definition) is 8. The summed E-state index contributed by atoms with van der Waals surface area (Å²) in [5, 5.41) is 12.5. The monoisotopic (exact) mass is 429 g/mol. The molecular formula is C20H23N5O4S. The molecule has 0 atom stereocenters. The molecule has 0 amide bonds. The highest BCUT2D eigenvalue weighted by atomic mass is 32.2. The average Bonchev–Trinajstić information content (AvgIpc) is 2.73. The van der Waals surface area contributed by atoms with Gasteiger partial charge in [-0.2, -0.15) is 0 Å². The lowest BCUT2D eigenvalue weighted by Crippen LogP contribution is -2.32. The predicted octanol–water partition coefficient (Wildman–Crippen LogP) is 1.01. The molecule has 3 aromatic rings. The summed E-state index contributed by atoms with van der Waals surface area (Å²) in [6.07, 6.45) is 1.94. The minimum absolute atomic E-state index is 0.0110. The smallest absolute Gasteiger partial charge is 0.264 e. The summed E-state index contributed by atoms with van der Waals surface area (Å²) in [6.45, 7) is 0.898. The van der Waals surface area contributed by atoms with E-state index in [9.17, 15) is 13.2 Å². The minimum atomic E-state index is -3.37. The summed E-state index contributed by atoms with van der Waals surface area (Å²) in [7, 11) is 0.112. The number of nitrogens with zero attached hydrogens (tertiary/aromatic N) is 4. The van der Waals surface area contributed by atoms with Crippen molar-refractivity contribution in [1.82, 2.24) is 14.5 Å². The molecule has 9 nitrogen and oxygen atoms in total. The van der Waals surface area contributed by atoms with Gasteiger partial charge in [0.25, 0.3) is 5.56 Å². The summed E-state index contributed by atoms with van der Waals surface area (Å²) in [5.41, 5.74) is 2.04. The van der Waals surface area contributed by atoms with Crippen molar-refractivity contribution < 1.29 is 13.5 Å². The number of aromatic nitrogens is 3. The Kier molecular flexibility index (Phi) is 5.20. The molecule has 1 aliphatic rings. The number of anilines is 2. The van der Waals surface area contributed by atoms with E-state index in [1.54, 1.807) is 25.2 Å². The molecule has 1 aromatic carbocycles. The highest BCUT2D eigenvalue weighted by molar-refractivity contribution is 7.91. The van der Waals surface area contributed by atoms with E-state index in [-0.39, 0.29) is 22.8 Å². The molecule has 3 heterocycles. The number of rotatable bonds is 5. The molecule has 0 saturated heterocycles. The van der Waals surface area contributed by atoms with Crippen molar-refractivity contribution in [1.29, 1.82) is 0 Å². The first-order valence-corrected chi connectivity index (χ1v) is 11.3. The van der Waals surface area contributed by atoms with Crippen LogP contribution in [0.4, 0.5) is 11.5 Å². The first kappa shape index (κ1) is 20.3. The molecule has 0 aliphatic carbocycles. The second-order valence-corrected chi connectivity index (χ2v) is 9.42. The molecule has 4 rings (SSSR count). The van der Waals surface area contributed by atoms with Crippen LogP contribution in [0, 0.1) is 0 Å². The van der Waals surface area contributed by atoms with E-state index in [0.717, 1.165) is 0 Å². The molecule has 0 bridgehead atoms. The second-order valence-electron chi connectivity index (χ2n) is 7.34. The van der Waals surface area contributed by atoms with Gasteiger partial charge in [-0.15, -0.1) is 0 Å². The molecule has 0 spiro atoms. The van der Waals surface area contributed by atoms with Crippen molar-refractivity contribution in [2.45, 2.75) is 11.3 Å². The van der Waals surface area contributed by atoms with Crippen molar-refractivity contribution in [2.75, 3.05) is 42.7 Å². The molecular weight excluding hydrogens is 406 g/mol. The number of fused-ring (bicyclic) bond motifs is 2. The lowest BCUT2D eigenvalue weighted by atomic mass is 10.1. The van der Waals surface area contributed by atoms with E-state index in [2.05, 4.69) is 15.3 Å². The fourth-order valence-electron chi connectivity index (χ4n) is 3.51. The van der Waals surface area contributed by atoms with E-state index in [0.29, 0.717) is 53.2 Å². The fraction of sp³-hybridized carbons (Fsp3) is 0.350. The zero-order valence-electron chi connectivity index (χ0n) is 16.8. The SMILES string of the molecule is CN1CCS(=O)(=O)c2cc(-c3cc4ncn(C)c(=O)c4c(NCCCO)n3)ccc21. The number of sulfone groups is 1. The molecule has 10 heteroatoms. The number of benzene rings is 1. The number of pyridine rings is 1. The van der Waals surface area contributed by atoms with Crippen molar-refractivity contribution in [3.63, 3.8) is 0 Å². The number of aryl methyl sites for hydroxylation is 1.